The molecule has 0 bridgehead atoms. The molecule has 0 aliphatic carbocycles. The number of hydrogen-bond acceptors (Lipinski definition) is 3. The molecule has 1 aromatic carbocycles. The first-order valence-electron chi connectivity index (χ1n) is 5.23. The molecule has 88 valence electrons. The molecule has 0 saturated heterocycles. The Bertz CT molecular complexity index is 363. The summed E-state index contributed by atoms with van der Waals surface area (Å²) in [4.78, 5) is 11.4. The third kappa shape index (κ3) is 3.15. The van der Waals surface area contributed by atoms with Crippen molar-refractivity contribution in [2.75, 3.05) is 19.5 Å². The van der Waals surface area contributed by atoms with Crippen LogP contribution < -0.4 is 14.8 Å². The summed E-state index contributed by atoms with van der Waals surface area (Å²) in [5, 5.41) is 2.79. The Morgan fingerprint density at radius 3 is 2.62 bits per heavy atom. The molecule has 4 nitrogen and oxygen atoms in total. The minimum absolute atomic E-state index is 0.00836. The second-order valence-corrected chi connectivity index (χ2v) is 3.36. The zero-order valence-electron chi connectivity index (χ0n) is 9.87. The topological polar surface area (TPSA) is 47.6 Å². The maximum Gasteiger partial charge on any atom is 0.224 e. The van der Waals surface area contributed by atoms with Crippen LogP contribution in [0, 0.1) is 0 Å². The van der Waals surface area contributed by atoms with Gasteiger partial charge in [0.15, 0.2) is 0 Å². The van der Waals surface area contributed by atoms with Crippen LogP contribution in [0.2, 0.25) is 0 Å². The normalized spacial score (nSPS) is 9.69. The Balaban J connectivity index is 2.83. The van der Waals surface area contributed by atoms with E-state index in [4.69, 9.17) is 9.47 Å². The van der Waals surface area contributed by atoms with Crippen molar-refractivity contribution in [1.82, 2.24) is 0 Å². The van der Waals surface area contributed by atoms with Gasteiger partial charge in [-0.15, -0.1) is 0 Å². The quantitative estimate of drug-likeness (QED) is 0.834. The average molecular weight is 223 g/mol. The van der Waals surface area contributed by atoms with Crippen LogP contribution in [0.5, 0.6) is 11.5 Å². The van der Waals surface area contributed by atoms with Crippen molar-refractivity contribution in [2.45, 2.75) is 19.8 Å². The number of hydrogen-bond donors (Lipinski definition) is 1. The van der Waals surface area contributed by atoms with E-state index in [1.54, 1.807) is 32.4 Å². The van der Waals surface area contributed by atoms with Crippen LogP contribution in [-0.4, -0.2) is 20.1 Å². The Morgan fingerprint density at radius 2 is 2.06 bits per heavy atom. The Kier molecular flexibility index (Phi) is 4.64. The zero-order valence-corrected chi connectivity index (χ0v) is 9.87. The van der Waals surface area contributed by atoms with E-state index in [0.717, 1.165) is 6.42 Å². The average Bonchev–Trinajstić information content (AvgIpc) is 2.30. The first-order chi connectivity index (χ1) is 7.71. The molecule has 0 saturated carbocycles. The predicted octanol–water partition coefficient (Wildman–Crippen LogP) is 2.44. The van der Waals surface area contributed by atoms with Crippen molar-refractivity contribution in [3.8, 4) is 11.5 Å². The fourth-order valence-electron chi connectivity index (χ4n) is 1.34. The highest BCUT2D eigenvalue weighted by Crippen LogP contribution is 2.29. The van der Waals surface area contributed by atoms with Crippen LogP contribution in [0.3, 0.4) is 0 Å². The van der Waals surface area contributed by atoms with Crippen molar-refractivity contribution < 1.29 is 14.3 Å². The number of carbonyl (C=O) groups is 1. The summed E-state index contributed by atoms with van der Waals surface area (Å²) in [6.07, 6.45) is 1.33. The van der Waals surface area contributed by atoms with Crippen molar-refractivity contribution in [3.05, 3.63) is 18.2 Å². The summed E-state index contributed by atoms with van der Waals surface area (Å²) in [5.41, 5.74) is 0.668. The summed E-state index contributed by atoms with van der Waals surface area (Å²) >= 11 is 0. The van der Waals surface area contributed by atoms with E-state index >= 15 is 0 Å². The number of ether oxygens (including phenoxy) is 2. The summed E-state index contributed by atoms with van der Waals surface area (Å²) in [6, 6.07) is 5.29. The molecule has 0 atom stereocenters. The summed E-state index contributed by atoms with van der Waals surface area (Å²) in [7, 11) is 3.15. The largest absolute Gasteiger partial charge is 0.497 e. The number of carbonyl (C=O) groups excluding carboxylic acids is 1. The smallest absolute Gasteiger partial charge is 0.224 e. The lowest BCUT2D eigenvalue weighted by Gasteiger charge is -2.11. The van der Waals surface area contributed by atoms with Crippen molar-refractivity contribution in [1.29, 1.82) is 0 Å². The third-order valence-corrected chi connectivity index (χ3v) is 2.16. The molecule has 0 spiro atoms. The second kappa shape index (κ2) is 6.00. The molecule has 1 rings (SSSR count). The molecule has 0 aliphatic rings. The van der Waals surface area contributed by atoms with Crippen molar-refractivity contribution >= 4 is 11.6 Å². The molecular weight excluding hydrogens is 206 g/mol. The lowest BCUT2D eigenvalue weighted by atomic mass is 10.2. The van der Waals surface area contributed by atoms with Gasteiger partial charge in [0.2, 0.25) is 5.91 Å². The highest BCUT2D eigenvalue weighted by atomic mass is 16.5. The summed E-state index contributed by atoms with van der Waals surface area (Å²) in [6.45, 7) is 1.96. The highest BCUT2D eigenvalue weighted by Gasteiger charge is 2.07. The van der Waals surface area contributed by atoms with Gasteiger partial charge >= 0.3 is 0 Å². The fraction of sp³-hybridized carbons (Fsp3) is 0.417. The molecule has 0 radical (unpaired) electrons. The highest BCUT2D eigenvalue weighted by molar-refractivity contribution is 5.92. The lowest BCUT2D eigenvalue weighted by Crippen LogP contribution is -2.11. The molecule has 0 fully saturated rings. The molecule has 16 heavy (non-hydrogen) atoms. The van der Waals surface area contributed by atoms with Crippen LogP contribution in [0.25, 0.3) is 0 Å². The molecule has 0 aromatic heterocycles. The van der Waals surface area contributed by atoms with Gasteiger partial charge in [0.1, 0.15) is 11.5 Å². The Hall–Kier alpha value is -1.71. The number of benzene rings is 1. The van der Waals surface area contributed by atoms with E-state index in [1.807, 2.05) is 6.92 Å². The van der Waals surface area contributed by atoms with E-state index in [0.29, 0.717) is 23.6 Å². The molecule has 0 aliphatic heterocycles. The van der Waals surface area contributed by atoms with Gasteiger partial charge in [-0.05, 0) is 18.6 Å². The van der Waals surface area contributed by atoms with Gasteiger partial charge in [0.05, 0.1) is 19.9 Å². The van der Waals surface area contributed by atoms with Crippen LogP contribution in [0.1, 0.15) is 19.8 Å². The van der Waals surface area contributed by atoms with E-state index in [1.165, 1.54) is 0 Å². The minimum atomic E-state index is -0.00836. The van der Waals surface area contributed by atoms with Crippen molar-refractivity contribution in [2.24, 2.45) is 0 Å². The molecule has 1 aromatic rings. The molecule has 0 heterocycles. The summed E-state index contributed by atoms with van der Waals surface area (Å²) in [5.74, 6) is 1.29. The monoisotopic (exact) mass is 223 g/mol. The number of anilines is 1. The minimum Gasteiger partial charge on any atom is -0.497 e. The van der Waals surface area contributed by atoms with Gasteiger partial charge in [0.25, 0.3) is 0 Å². The Morgan fingerprint density at radius 1 is 1.31 bits per heavy atom. The molecular formula is C12H17NO3. The lowest BCUT2D eigenvalue weighted by molar-refractivity contribution is -0.116. The van der Waals surface area contributed by atoms with Gasteiger partial charge in [-0.3, -0.25) is 4.79 Å². The summed E-state index contributed by atoms with van der Waals surface area (Å²) < 4.78 is 10.2. The number of methoxy groups -OCH3 is 2. The van der Waals surface area contributed by atoms with E-state index < -0.39 is 0 Å². The zero-order chi connectivity index (χ0) is 12.0. The maximum atomic E-state index is 11.4. The number of amides is 1. The van der Waals surface area contributed by atoms with Crippen molar-refractivity contribution in [3.63, 3.8) is 0 Å². The van der Waals surface area contributed by atoms with Gasteiger partial charge in [0, 0.05) is 12.5 Å². The first-order valence-corrected chi connectivity index (χ1v) is 5.23. The van der Waals surface area contributed by atoms with Crippen LogP contribution in [0.4, 0.5) is 5.69 Å². The standard InChI is InChI=1S/C12H17NO3/c1-4-5-12(14)13-10-7-6-9(15-2)8-11(10)16-3/h6-8H,4-5H2,1-3H3,(H,13,14). The van der Waals surface area contributed by atoms with E-state index in [9.17, 15) is 4.79 Å². The van der Waals surface area contributed by atoms with Crippen LogP contribution >= 0.6 is 0 Å². The predicted molar refractivity (Wildman–Crippen MR) is 63.1 cm³/mol. The SMILES string of the molecule is CCCC(=O)Nc1ccc(OC)cc1OC. The molecule has 0 unspecified atom stereocenters. The first kappa shape index (κ1) is 12.4. The Labute approximate surface area is 95.6 Å². The van der Waals surface area contributed by atoms with Gasteiger partial charge in [-0.25, -0.2) is 0 Å². The van der Waals surface area contributed by atoms with Gasteiger partial charge in [-0.2, -0.15) is 0 Å². The van der Waals surface area contributed by atoms with Crippen LogP contribution in [-0.2, 0) is 4.79 Å². The van der Waals surface area contributed by atoms with E-state index in [-0.39, 0.29) is 5.91 Å². The fourth-order valence-corrected chi connectivity index (χ4v) is 1.34. The molecule has 1 amide bonds. The third-order valence-electron chi connectivity index (χ3n) is 2.16. The molecule has 1 N–H and O–H groups in total. The second-order valence-electron chi connectivity index (χ2n) is 3.36. The van der Waals surface area contributed by atoms with Gasteiger partial charge < -0.3 is 14.8 Å². The molecule has 4 heteroatoms. The number of rotatable bonds is 5. The van der Waals surface area contributed by atoms with Gasteiger partial charge in [-0.1, -0.05) is 6.92 Å². The van der Waals surface area contributed by atoms with Crippen LogP contribution in [0.15, 0.2) is 18.2 Å². The maximum absolute atomic E-state index is 11.4. The van der Waals surface area contributed by atoms with E-state index in [2.05, 4.69) is 5.32 Å². The number of nitrogens with one attached hydrogen (secondary N) is 1.